The number of carbonyl (C=O) groups is 1. The number of benzene rings is 1. The lowest BCUT2D eigenvalue weighted by molar-refractivity contribution is 0.0325. The molecular weight excluding hydrogens is 442 g/mol. The van der Waals surface area contributed by atoms with Crippen LogP contribution in [0.1, 0.15) is 35.3 Å². The molecule has 8 nitrogen and oxygen atoms in total. The van der Waals surface area contributed by atoms with Gasteiger partial charge in [-0.15, -0.1) is 0 Å². The number of fused-ring (bicyclic) bond motifs is 1. The number of amides is 1. The molecule has 2 aromatic heterocycles. The molecule has 184 valence electrons. The Kier molecular flexibility index (Phi) is 7.73. The van der Waals surface area contributed by atoms with E-state index in [-0.39, 0.29) is 30.6 Å². The second-order valence-corrected chi connectivity index (χ2v) is 9.46. The first-order chi connectivity index (χ1) is 16.9. The van der Waals surface area contributed by atoms with E-state index < -0.39 is 0 Å². The molecule has 1 aliphatic heterocycles. The summed E-state index contributed by atoms with van der Waals surface area (Å²) < 4.78 is 6.42. The third-order valence-electron chi connectivity index (χ3n) is 6.54. The van der Waals surface area contributed by atoms with Crippen molar-refractivity contribution in [2.45, 2.75) is 39.5 Å². The topological polar surface area (TPSA) is 91.7 Å². The van der Waals surface area contributed by atoms with Crippen molar-refractivity contribution in [2.24, 2.45) is 5.92 Å². The van der Waals surface area contributed by atoms with E-state index in [4.69, 9.17) is 4.74 Å². The molecular formula is C27H33N5O3. The van der Waals surface area contributed by atoms with Crippen LogP contribution in [0.2, 0.25) is 0 Å². The van der Waals surface area contributed by atoms with Crippen LogP contribution in [0, 0.1) is 12.8 Å². The Labute approximate surface area is 206 Å². The summed E-state index contributed by atoms with van der Waals surface area (Å²) in [4.78, 5) is 30.4. The van der Waals surface area contributed by atoms with Crippen LogP contribution >= 0.6 is 0 Å². The van der Waals surface area contributed by atoms with Gasteiger partial charge in [-0.3, -0.25) is 9.69 Å². The summed E-state index contributed by atoms with van der Waals surface area (Å²) in [5.41, 5.74) is 4.42. The zero-order valence-electron chi connectivity index (χ0n) is 20.8. The summed E-state index contributed by atoms with van der Waals surface area (Å²) >= 11 is 0. The number of rotatable bonds is 7. The van der Waals surface area contributed by atoms with E-state index >= 15 is 0 Å². The fourth-order valence-corrected chi connectivity index (χ4v) is 4.46. The predicted octanol–water partition coefficient (Wildman–Crippen LogP) is 3.20. The molecule has 0 fully saturated rings. The number of aryl methyl sites for hydroxylation is 1. The van der Waals surface area contributed by atoms with Crippen molar-refractivity contribution in [3.05, 3.63) is 71.9 Å². The van der Waals surface area contributed by atoms with Crippen LogP contribution < -0.4 is 4.74 Å². The first-order valence-corrected chi connectivity index (χ1v) is 11.9. The first-order valence-electron chi connectivity index (χ1n) is 11.9. The molecule has 0 aliphatic carbocycles. The van der Waals surface area contributed by atoms with Gasteiger partial charge in [0.1, 0.15) is 18.0 Å². The predicted molar refractivity (Wildman–Crippen MR) is 134 cm³/mol. The number of hydrogen-bond acceptors (Lipinski definition) is 7. The molecule has 0 saturated heterocycles. The van der Waals surface area contributed by atoms with Gasteiger partial charge in [0.2, 0.25) is 5.88 Å². The van der Waals surface area contributed by atoms with Crippen molar-refractivity contribution in [3.63, 3.8) is 0 Å². The normalized spacial score (nSPS) is 19.0. The molecule has 8 heteroatoms. The maximum absolute atomic E-state index is 13.6. The summed E-state index contributed by atoms with van der Waals surface area (Å²) in [5, 5.41) is 9.88. The monoisotopic (exact) mass is 475 g/mol. The van der Waals surface area contributed by atoms with Crippen molar-refractivity contribution in [1.82, 2.24) is 24.8 Å². The van der Waals surface area contributed by atoms with Gasteiger partial charge in [-0.25, -0.2) is 15.0 Å². The quantitative estimate of drug-likeness (QED) is 0.561. The van der Waals surface area contributed by atoms with Gasteiger partial charge in [0, 0.05) is 55.3 Å². The second kappa shape index (κ2) is 10.9. The smallest absolute Gasteiger partial charge is 0.259 e. The maximum Gasteiger partial charge on any atom is 0.259 e. The molecule has 3 aromatic rings. The van der Waals surface area contributed by atoms with Gasteiger partial charge in [-0.1, -0.05) is 31.2 Å². The zero-order valence-corrected chi connectivity index (χ0v) is 20.8. The molecule has 0 radical (unpaired) electrons. The van der Waals surface area contributed by atoms with E-state index in [1.807, 2.05) is 51.2 Å². The van der Waals surface area contributed by atoms with Crippen molar-refractivity contribution in [1.29, 1.82) is 0 Å². The molecule has 1 amide bonds. The number of hydrogen-bond donors (Lipinski definition) is 1. The Morgan fingerprint density at radius 1 is 1.20 bits per heavy atom. The van der Waals surface area contributed by atoms with Gasteiger partial charge in [-0.05, 0) is 38.1 Å². The molecule has 1 N–H and O–H groups in total. The van der Waals surface area contributed by atoms with Gasteiger partial charge in [-0.2, -0.15) is 0 Å². The minimum absolute atomic E-state index is 0.0217. The van der Waals surface area contributed by atoms with E-state index in [1.54, 1.807) is 23.5 Å². The molecule has 3 atom stereocenters. The highest BCUT2D eigenvalue weighted by atomic mass is 16.5. The lowest BCUT2D eigenvalue weighted by Gasteiger charge is -2.37. The number of likely N-dealkylation sites (N-methyl/N-ethyl adjacent to an activating group) is 1. The minimum Gasteiger partial charge on any atom is -0.472 e. The van der Waals surface area contributed by atoms with Gasteiger partial charge in [0.15, 0.2) is 0 Å². The molecule has 3 heterocycles. The fourth-order valence-electron chi connectivity index (χ4n) is 4.46. The Morgan fingerprint density at radius 3 is 2.66 bits per heavy atom. The fraction of sp³-hybridized carbons (Fsp3) is 0.407. The zero-order chi connectivity index (χ0) is 24.9. The summed E-state index contributed by atoms with van der Waals surface area (Å²) in [6, 6.07) is 9.57. The molecule has 35 heavy (non-hydrogen) atoms. The number of aliphatic hydroxyl groups is 1. The highest BCUT2D eigenvalue weighted by Crippen LogP contribution is 2.31. The van der Waals surface area contributed by atoms with E-state index in [0.29, 0.717) is 31.1 Å². The lowest BCUT2D eigenvalue weighted by atomic mass is 9.98. The standard InChI is InChI=1S/C27H33N5O3/c1-18-7-5-6-8-23(18)22-9-24-26(30-12-22)35-25(15-31(4)14-21-10-28-17-29-11-21)19(2)13-32(27(24)34)20(3)16-33/h5-12,17,19-20,25,33H,13-16H2,1-4H3/t19-,20-,25-/m0/s1. The van der Waals surface area contributed by atoms with Crippen molar-refractivity contribution in [2.75, 3.05) is 26.7 Å². The molecule has 0 spiro atoms. The van der Waals surface area contributed by atoms with Crippen LogP contribution in [0.25, 0.3) is 11.1 Å². The molecule has 0 unspecified atom stereocenters. The number of carbonyl (C=O) groups excluding carboxylic acids is 1. The van der Waals surface area contributed by atoms with Gasteiger partial charge >= 0.3 is 0 Å². The number of aliphatic hydroxyl groups excluding tert-OH is 1. The largest absolute Gasteiger partial charge is 0.472 e. The number of nitrogens with zero attached hydrogens (tertiary/aromatic N) is 5. The summed E-state index contributed by atoms with van der Waals surface area (Å²) in [5.74, 6) is 0.174. The second-order valence-electron chi connectivity index (χ2n) is 9.46. The SMILES string of the molecule is Cc1ccccc1-c1cnc2c(c1)C(=O)N([C@@H](C)CO)C[C@H](C)[C@H](CN(C)Cc1cncnc1)O2. The van der Waals surface area contributed by atoms with Crippen molar-refractivity contribution >= 4 is 5.91 Å². The lowest BCUT2D eigenvalue weighted by Crippen LogP contribution is -2.49. The van der Waals surface area contributed by atoms with Crippen LogP contribution in [0.3, 0.4) is 0 Å². The third kappa shape index (κ3) is 5.66. The number of pyridine rings is 1. The third-order valence-corrected chi connectivity index (χ3v) is 6.54. The van der Waals surface area contributed by atoms with Crippen LogP contribution in [0.15, 0.2) is 55.2 Å². The summed E-state index contributed by atoms with van der Waals surface area (Å²) in [7, 11) is 2.02. The van der Waals surface area contributed by atoms with E-state index in [9.17, 15) is 9.90 Å². The summed E-state index contributed by atoms with van der Waals surface area (Å²) in [6.07, 6.45) is 6.69. The Balaban J connectivity index is 1.67. The van der Waals surface area contributed by atoms with Crippen LogP contribution in [-0.4, -0.2) is 74.7 Å². The summed E-state index contributed by atoms with van der Waals surface area (Å²) in [6.45, 7) is 7.64. The average molecular weight is 476 g/mol. The maximum atomic E-state index is 13.6. The van der Waals surface area contributed by atoms with E-state index in [1.165, 1.54) is 6.33 Å². The van der Waals surface area contributed by atoms with Gasteiger partial charge < -0.3 is 14.7 Å². The Hall–Kier alpha value is -3.36. The van der Waals surface area contributed by atoms with Gasteiger partial charge in [0.05, 0.1) is 12.6 Å². The van der Waals surface area contributed by atoms with Crippen molar-refractivity contribution in [3.8, 4) is 17.0 Å². The van der Waals surface area contributed by atoms with E-state index in [2.05, 4.69) is 26.8 Å². The molecule has 1 aromatic carbocycles. The molecule has 1 aliphatic rings. The van der Waals surface area contributed by atoms with Crippen LogP contribution in [0.4, 0.5) is 0 Å². The molecule has 0 saturated carbocycles. The highest BCUT2D eigenvalue weighted by molar-refractivity contribution is 5.98. The van der Waals surface area contributed by atoms with Gasteiger partial charge in [0.25, 0.3) is 5.91 Å². The molecule has 0 bridgehead atoms. The first kappa shape index (κ1) is 24.8. The average Bonchev–Trinajstić information content (AvgIpc) is 2.86. The molecule has 4 rings (SSSR count). The Morgan fingerprint density at radius 2 is 1.94 bits per heavy atom. The highest BCUT2D eigenvalue weighted by Gasteiger charge is 2.34. The van der Waals surface area contributed by atoms with Crippen LogP contribution in [-0.2, 0) is 6.54 Å². The minimum atomic E-state index is -0.321. The van der Waals surface area contributed by atoms with Crippen LogP contribution in [0.5, 0.6) is 5.88 Å². The number of aromatic nitrogens is 3. The van der Waals surface area contributed by atoms with E-state index in [0.717, 1.165) is 22.3 Å². The Bertz CT molecular complexity index is 1160. The number of ether oxygens (including phenoxy) is 1. The van der Waals surface area contributed by atoms with Crippen molar-refractivity contribution < 1.29 is 14.6 Å².